The van der Waals surface area contributed by atoms with Crippen molar-refractivity contribution in [2.45, 2.75) is 26.3 Å². The number of ether oxygens (including phenoxy) is 1. The van der Waals surface area contributed by atoms with Crippen LogP contribution in [0.2, 0.25) is 0 Å². The number of hydrogen-bond donors (Lipinski definition) is 1. The van der Waals surface area contributed by atoms with Crippen molar-refractivity contribution >= 4 is 17.0 Å². The van der Waals surface area contributed by atoms with E-state index in [1.165, 1.54) is 4.57 Å². The number of aromatic nitrogens is 2. The van der Waals surface area contributed by atoms with Crippen LogP contribution in [-0.2, 0) is 11.3 Å². The molecule has 0 amide bonds. The lowest BCUT2D eigenvalue weighted by molar-refractivity contribution is 0.146. The molecule has 0 radical (unpaired) electrons. The molecule has 2 N–H and O–H groups in total. The first-order valence-corrected chi connectivity index (χ1v) is 6.09. The Morgan fingerprint density at radius 3 is 3.11 bits per heavy atom. The Balaban J connectivity index is 2.32. The maximum Gasteiger partial charge on any atom is 0.418 e. The third-order valence-corrected chi connectivity index (χ3v) is 2.79. The van der Waals surface area contributed by atoms with Crippen LogP contribution in [0.25, 0.3) is 10.9 Å². The molecule has 0 bridgehead atoms. The molecule has 2 aromatic heterocycles. The highest BCUT2D eigenvalue weighted by Gasteiger charge is 2.15. The van der Waals surface area contributed by atoms with Gasteiger partial charge >= 0.3 is 6.09 Å². The molecule has 0 aromatic carbocycles. The lowest BCUT2D eigenvalue weighted by Gasteiger charge is -2.08. The Kier molecular flexibility index (Phi) is 3.94. The molecule has 96 valence electrons. The molecule has 0 aliphatic rings. The first-order chi connectivity index (χ1) is 8.77. The number of hydrogen-bond acceptors (Lipinski definition) is 4. The Labute approximate surface area is 106 Å². The number of carbonyl (C=O) groups is 1. The molecule has 5 nitrogen and oxygen atoms in total. The topological polar surface area (TPSA) is 70.1 Å². The number of pyridine rings is 1. The Bertz CT molecular complexity index is 548. The second-order valence-electron chi connectivity index (χ2n) is 4.08. The molecule has 0 unspecified atom stereocenters. The molecular formula is C13H17N3O2. The normalized spacial score (nSPS) is 10.8. The van der Waals surface area contributed by atoms with Crippen molar-refractivity contribution in [3.63, 3.8) is 0 Å². The maximum absolute atomic E-state index is 12.0. The standard InChI is InChI=1S/C13H17N3O2/c1-2-3-6-18-13(17)16-11(8-14)7-10-9-15-5-4-12(10)16/h4-5,7,9H,2-3,6,8,14H2,1H3. The molecule has 0 fully saturated rings. The van der Waals surface area contributed by atoms with Crippen molar-refractivity contribution in [2.75, 3.05) is 6.61 Å². The van der Waals surface area contributed by atoms with Gasteiger partial charge in [0.2, 0.25) is 0 Å². The highest BCUT2D eigenvalue weighted by atomic mass is 16.5. The summed E-state index contributed by atoms with van der Waals surface area (Å²) in [7, 11) is 0. The van der Waals surface area contributed by atoms with Crippen molar-refractivity contribution in [2.24, 2.45) is 5.73 Å². The van der Waals surface area contributed by atoms with Gasteiger partial charge in [0.15, 0.2) is 0 Å². The van der Waals surface area contributed by atoms with E-state index in [1.807, 2.05) is 6.07 Å². The van der Waals surface area contributed by atoms with Crippen LogP contribution in [0.3, 0.4) is 0 Å². The average molecular weight is 247 g/mol. The number of rotatable bonds is 4. The van der Waals surface area contributed by atoms with E-state index in [9.17, 15) is 4.79 Å². The molecule has 0 spiro atoms. The molecule has 5 heteroatoms. The minimum Gasteiger partial charge on any atom is -0.449 e. The summed E-state index contributed by atoms with van der Waals surface area (Å²) in [5.74, 6) is 0. The van der Waals surface area contributed by atoms with Gasteiger partial charge in [-0.2, -0.15) is 0 Å². The van der Waals surface area contributed by atoms with Crippen LogP contribution < -0.4 is 5.73 Å². The summed E-state index contributed by atoms with van der Waals surface area (Å²) in [6, 6.07) is 3.65. The Morgan fingerprint density at radius 2 is 2.39 bits per heavy atom. The summed E-state index contributed by atoms with van der Waals surface area (Å²) in [6.45, 7) is 2.78. The van der Waals surface area contributed by atoms with E-state index in [4.69, 9.17) is 10.5 Å². The van der Waals surface area contributed by atoms with Gasteiger partial charge in [-0.05, 0) is 18.6 Å². The van der Waals surface area contributed by atoms with Crippen molar-refractivity contribution in [3.8, 4) is 0 Å². The van der Waals surface area contributed by atoms with E-state index in [0.717, 1.165) is 29.4 Å². The van der Waals surface area contributed by atoms with Crippen LogP contribution >= 0.6 is 0 Å². The minimum absolute atomic E-state index is 0.289. The Hall–Kier alpha value is -1.88. The smallest absolute Gasteiger partial charge is 0.418 e. The number of carbonyl (C=O) groups excluding carboxylic acids is 1. The zero-order chi connectivity index (χ0) is 13.0. The molecule has 2 rings (SSSR count). The monoisotopic (exact) mass is 247 g/mol. The first-order valence-electron chi connectivity index (χ1n) is 6.09. The number of unbranched alkanes of at least 4 members (excludes halogenated alkanes) is 1. The quantitative estimate of drug-likeness (QED) is 0.841. The molecule has 0 saturated heterocycles. The van der Waals surface area contributed by atoms with E-state index in [2.05, 4.69) is 11.9 Å². The molecule has 0 atom stereocenters. The van der Waals surface area contributed by atoms with Gasteiger partial charge in [0.1, 0.15) is 0 Å². The summed E-state index contributed by atoms with van der Waals surface area (Å²) in [6.07, 6.45) is 4.85. The number of nitrogens with zero attached hydrogens (tertiary/aromatic N) is 2. The highest BCUT2D eigenvalue weighted by molar-refractivity contribution is 5.90. The van der Waals surface area contributed by atoms with Crippen LogP contribution in [0, 0.1) is 0 Å². The van der Waals surface area contributed by atoms with Crippen molar-refractivity contribution in [1.82, 2.24) is 9.55 Å². The van der Waals surface area contributed by atoms with Gasteiger partial charge in [-0.15, -0.1) is 0 Å². The third kappa shape index (κ3) is 2.36. The minimum atomic E-state index is -0.370. The van der Waals surface area contributed by atoms with Crippen molar-refractivity contribution in [1.29, 1.82) is 0 Å². The lowest BCUT2D eigenvalue weighted by Crippen LogP contribution is -2.18. The van der Waals surface area contributed by atoms with Gasteiger partial charge in [0, 0.05) is 30.0 Å². The predicted molar refractivity (Wildman–Crippen MR) is 69.3 cm³/mol. The van der Waals surface area contributed by atoms with Crippen LogP contribution in [0.15, 0.2) is 24.5 Å². The molecule has 2 aromatic rings. The van der Waals surface area contributed by atoms with E-state index >= 15 is 0 Å². The van der Waals surface area contributed by atoms with E-state index < -0.39 is 0 Å². The van der Waals surface area contributed by atoms with Gasteiger partial charge in [-0.1, -0.05) is 13.3 Å². The van der Waals surface area contributed by atoms with Crippen molar-refractivity contribution in [3.05, 3.63) is 30.2 Å². The summed E-state index contributed by atoms with van der Waals surface area (Å²) in [4.78, 5) is 16.1. The number of nitrogens with two attached hydrogens (primary N) is 1. The fraction of sp³-hybridized carbons (Fsp3) is 0.385. The van der Waals surface area contributed by atoms with E-state index in [0.29, 0.717) is 6.61 Å². The Morgan fingerprint density at radius 1 is 1.56 bits per heavy atom. The number of fused-ring (bicyclic) bond motifs is 1. The SMILES string of the molecule is CCCCOC(=O)n1c(CN)cc2cnccc21. The van der Waals surface area contributed by atoms with Crippen LogP contribution in [-0.4, -0.2) is 22.3 Å². The molecule has 0 aliphatic carbocycles. The largest absolute Gasteiger partial charge is 0.449 e. The summed E-state index contributed by atoms with van der Waals surface area (Å²) in [5, 5.41) is 0.894. The molecule has 2 heterocycles. The van der Waals surface area contributed by atoms with Gasteiger partial charge < -0.3 is 10.5 Å². The summed E-state index contributed by atoms with van der Waals surface area (Å²) >= 11 is 0. The summed E-state index contributed by atoms with van der Waals surface area (Å²) in [5.41, 5.74) is 7.18. The van der Waals surface area contributed by atoms with Gasteiger partial charge in [0.05, 0.1) is 12.1 Å². The van der Waals surface area contributed by atoms with Gasteiger partial charge in [-0.25, -0.2) is 9.36 Å². The molecule has 0 saturated carbocycles. The molecule has 0 aliphatic heterocycles. The second-order valence-corrected chi connectivity index (χ2v) is 4.08. The van der Waals surface area contributed by atoms with E-state index in [1.54, 1.807) is 18.5 Å². The fourth-order valence-corrected chi connectivity index (χ4v) is 1.85. The maximum atomic E-state index is 12.0. The lowest BCUT2D eigenvalue weighted by atomic mass is 10.3. The molecular weight excluding hydrogens is 230 g/mol. The van der Waals surface area contributed by atoms with Gasteiger partial charge in [-0.3, -0.25) is 4.98 Å². The second kappa shape index (κ2) is 5.64. The van der Waals surface area contributed by atoms with Crippen LogP contribution in [0.5, 0.6) is 0 Å². The zero-order valence-electron chi connectivity index (χ0n) is 10.4. The van der Waals surface area contributed by atoms with Crippen LogP contribution in [0.1, 0.15) is 25.5 Å². The van der Waals surface area contributed by atoms with Gasteiger partial charge in [0.25, 0.3) is 0 Å². The zero-order valence-corrected chi connectivity index (χ0v) is 10.4. The molecule has 18 heavy (non-hydrogen) atoms. The third-order valence-electron chi connectivity index (χ3n) is 2.79. The summed E-state index contributed by atoms with van der Waals surface area (Å²) < 4.78 is 6.75. The van der Waals surface area contributed by atoms with E-state index in [-0.39, 0.29) is 12.6 Å². The fourth-order valence-electron chi connectivity index (χ4n) is 1.85. The van der Waals surface area contributed by atoms with Crippen molar-refractivity contribution < 1.29 is 9.53 Å². The average Bonchev–Trinajstić information content (AvgIpc) is 2.77. The van der Waals surface area contributed by atoms with Crippen LogP contribution in [0.4, 0.5) is 4.79 Å². The highest BCUT2D eigenvalue weighted by Crippen LogP contribution is 2.18. The first kappa shape index (κ1) is 12.6. The predicted octanol–water partition coefficient (Wildman–Crippen LogP) is 2.28.